The van der Waals surface area contributed by atoms with Crippen LogP contribution in [-0.2, 0) is 0 Å². The number of aryl methyl sites for hydroxylation is 2. The predicted octanol–water partition coefficient (Wildman–Crippen LogP) is 2.70. The minimum absolute atomic E-state index is 0.0603. The van der Waals surface area contributed by atoms with Crippen molar-refractivity contribution in [2.45, 2.75) is 60.5 Å². The molecule has 0 radical (unpaired) electrons. The van der Waals surface area contributed by atoms with Crippen molar-refractivity contribution in [3.63, 3.8) is 0 Å². The Hall–Kier alpha value is -1.29. The number of carbonyl (C=O) groups is 1. The highest BCUT2D eigenvalue weighted by Gasteiger charge is 2.60. The lowest BCUT2D eigenvalue weighted by Gasteiger charge is -2.62. The molecule has 0 saturated heterocycles. The van der Waals surface area contributed by atoms with E-state index in [1.807, 2.05) is 20.8 Å². The molecule has 112 valence electrons. The lowest BCUT2D eigenvalue weighted by Crippen LogP contribution is -2.76. The van der Waals surface area contributed by atoms with Crippen LogP contribution in [0.4, 0.5) is 0 Å². The van der Waals surface area contributed by atoms with Crippen LogP contribution in [0.2, 0.25) is 0 Å². The fourth-order valence-corrected chi connectivity index (χ4v) is 3.88. The molecule has 1 saturated carbocycles. The lowest BCUT2D eigenvalue weighted by atomic mass is 9.48. The van der Waals surface area contributed by atoms with Gasteiger partial charge in [0.25, 0.3) is 5.91 Å². The van der Waals surface area contributed by atoms with Crippen LogP contribution in [0, 0.1) is 31.6 Å². The van der Waals surface area contributed by atoms with Gasteiger partial charge in [0.2, 0.25) is 0 Å². The summed E-state index contributed by atoms with van der Waals surface area (Å²) in [7, 11) is 0. The van der Waals surface area contributed by atoms with E-state index < -0.39 is 0 Å². The smallest absolute Gasteiger partial charge is 0.255 e. The van der Waals surface area contributed by atoms with E-state index >= 15 is 0 Å². The van der Waals surface area contributed by atoms with Gasteiger partial charge in [0.05, 0.1) is 5.56 Å². The molecule has 2 rings (SSSR count). The van der Waals surface area contributed by atoms with Crippen LogP contribution in [0.1, 0.15) is 55.1 Å². The molecule has 0 bridgehead atoms. The maximum absolute atomic E-state index is 12.6. The van der Waals surface area contributed by atoms with Gasteiger partial charge < -0.3 is 15.5 Å². The van der Waals surface area contributed by atoms with Crippen molar-refractivity contribution < 1.29 is 9.21 Å². The van der Waals surface area contributed by atoms with Crippen molar-refractivity contribution in [2.24, 2.45) is 16.6 Å². The molecule has 4 nitrogen and oxygen atoms in total. The molecule has 0 aromatic carbocycles. The zero-order valence-corrected chi connectivity index (χ0v) is 13.5. The topological polar surface area (TPSA) is 68.3 Å². The number of furan rings is 1. The molecular weight excluding hydrogens is 252 g/mol. The van der Waals surface area contributed by atoms with Crippen molar-refractivity contribution >= 4 is 5.91 Å². The molecule has 0 spiro atoms. The molecule has 4 heteroatoms. The highest BCUT2D eigenvalue weighted by molar-refractivity contribution is 5.97. The molecule has 1 fully saturated rings. The number of carbonyl (C=O) groups excluding carboxylic acids is 1. The monoisotopic (exact) mass is 278 g/mol. The summed E-state index contributed by atoms with van der Waals surface area (Å²) in [5.41, 5.74) is 7.62. The fraction of sp³-hybridized carbons (Fsp3) is 0.688. The first-order chi connectivity index (χ1) is 9.01. The summed E-state index contributed by atoms with van der Waals surface area (Å²) in [6.07, 6.45) is 0. The summed E-state index contributed by atoms with van der Waals surface area (Å²) in [5.74, 6) is 1.42. The van der Waals surface area contributed by atoms with E-state index in [2.05, 4.69) is 33.0 Å². The van der Waals surface area contributed by atoms with Gasteiger partial charge in [-0.25, -0.2) is 0 Å². The van der Waals surface area contributed by atoms with Gasteiger partial charge in [-0.3, -0.25) is 4.79 Å². The van der Waals surface area contributed by atoms with E-state index in [0.29, 0.717) is 11.3 Å². The van der Waals surface area contributed by atoms with Crippen LogP contribution in [0.15, 0.2) is 4.42 Å². The fourth-order valence-electron chi connectivity index (χ4n) is 3.88. The highest BCUT2D eigenvalue weighted by Crippen LogP contribution is 2.52. The average molecular weight is 278 g/mol. The second kappa shape index (κ2) is 4.35. The van der Waals surface area contributed by atoms with Gasteiger partial charge in [0, 0.05) is 28.5 Å². The number of hydrogen-bond acceptors (Lipinski definition) is 3. The number of nitrogens with one attached hydrogen (secondary N) is 1. The quantitative estimate of drug-likeness (QED) is 0.874. The Bertz CT molecular complexity index is 539. The van der Waals surface area contributed by atoms with Gasteiger partial charge in [0.1, 0.15) is 11.5 Å². The number of amides is 1. The predicted molar refractivity (Wildman–Crippen MR) is 79.7 cm³/mol. The molecule has 1 heterocycles. The van der Waals surface area contributed by atoms with Crippen molar-refractivity contribution in [1.82, 2.24) is 5.32 Å². The number of hydrogen-bond donors (Lipinski definition) is 2. The molecule has 3 N–H and O–H groups in total. The second-order valence-corrected chi connectivity index (χ2v) is 7.24. The van der Waals surface area contributed by atoms with Crippen LogP contribution in [-0.4, -0.2) is 18.0 Å². The van der Waals surface area contributed by atoms with Crippen molar-refractivity contribution in [3.05, 3.63) is 22.6 Å². The third kappa shape index (κ3) is 1.89. The van der Waals surface area contributed by atoms with Gasteiger partial charge >= 0.3 is 0 Å². The van der Waals surface area contributed by atoms with Gasteiger partial charge in [-0.1, -0.05) is 27.7 Å². The van der Waals surface area contributed by atoms with Crippen LogP contribution in [0.3, 0.4) is 0 Å². The van der Waals surface area contributed by atoms with Crippen molar-refractivity contribution in [1.29, 1.82) is 0 Å². The molecule has 1 aliphatic carbocycles. The molecule has 0 unspecified atom stereocenters. The van der Waals surface area contributed by atoms with E-state index in [9.17, 15) is 4.79 Å². The summed E-state index contributed by atoms with van der Waals surface area (Å²) in [6.45, 7) is 14.1. The van der Waals surface area contributed by atoms with Crippen LogP contribution >= 0.6 is 0 Å². The zero-order chi connectivity index (χ0) is 15.5. The van der Waals surface area contributed by atoms with E-state index in [0.717, 1.165) is 11.3 Å². The third-order valence-electron chi connectivity index (χ3n) is 5.16. The summed E-state index contributed by atoms with van der Waals surface area (Å²) in [6, 6.07) is 0.139. The zero-order valence-electron chi connectivity index (χ0n) is 13.5. The maximum atomic E-state index is 12.6. The van der Waals surface area contributed by atoms with Crippen LogP contribution in [0.5, 0.6) is 0 Å². The Morgan fingerprint density at radius 2 is 1.60 bits per heavy atom. The summed E-state index contributed by atoms with van der Waals surface area (Å²) < 4.78 is 5.54. The van der Waals surface area contributed by atoms with Crippen molar-refractivity contribution in [3.8, 4) is 0 Å². The largest absolute Gasteiger partial charge is 0.466 e. The van der Waals surface area contributed by atoms with E-state index in [1.165, 1.54) is 0 Å². The van der Waals surface area contributed by atoms with Crippen LogP contribution in [0.25, 0.3) is 0 Å². The SMILES string of the molecule is Cc1oc(C)c(C(=O)NC2C(C)(C)C(N)C2(C)C)c1C. The molecule has 1 amide bonds. The molecule has 0 atom stereocenters. The molecular formula is C16H26N2O2. The number of rotatable bonds is 2. The Labute approximate surface area is 121 Å². The van der Waals surface area contributed by atoms with Gasteiger partial charge in [-0.2, -0.15) is 0 Å². The maximum Gasteiger partial charge on any atom is 0.255 e. The second-order valence-electron chi connectivity index (χ2n) is 7.24. The van der Waals surface area contributed by atoms with E-state index in [1.54, 1.807) is 0 Å². The Morgan fingerprint density at radius 1 is 1.10 bits per heavy atom. The standard InChI is InChI=1S/C16H26N2O2/c1-8-9(2)20-10(3)11(8)12(19)18-14-15(4,5)13(17)16(14,6)7/h13-14H,17H2,1-7H3,(H,18,19). The normalized spacial score (nSPS) is 27.0. The summed E-state index contributed by atoms with van der Waals surface area (Å²) in [4.78, 5) is 12.6. The van der Waals surface area contributed by atoms with E-state index in [-0.39, 0.29) is 28.8 Å². The summed E-state index contributed by atoms with van der Waals surface area (Å²) in [5, 5.41) is 3.16. The minimum Gasteiger partial charge on any atom is -0.466 e. The Kier molecular flexibility index (Phi) is 3.29. The highest BCUT2D eigenvalue weighted by atomic mass is 16.3. The first kappa shape index (κ1) is 15.1. The minimum atomic E-state index is -0.0975. The van der Waals surface area contributed by atoms with Crippen LogP contribution < -0.4 is 11.1 Å². The molecule has 0 aliphatic heterocycles. The van der Waals surface area contributed by atoms with Crippen molar-refractivity contribution in [2.75, 3.05) is 0 Å². The molecule has 1 aromatic rings. The first-order valence-electron chi connectivity index (χ1n) is 7.14. The lowest BCUT2D eigenvalue weighted by molar-refractivity contribution is -0.0663. The first-order valence-corrected chi connectivity index (χ1v) is 7.14. The van der Waals surface area contributed by atoms with E-state index in [4.69, 9.17) is 10.2 Å². The Balaban J connectivity index is 2.25. The van der Waals surface area contributed by atoms with Gasteiger partial charge in [0.15, 0.2) is 0 Å². The molecule has 1 aliphatic rings. The average Bonchev–Trinajstić information content (AvgIpc) is 2.58. The molecule has 1 aromatic heterocycles. The molecule has 20 heavy (non-hydrogen) atoms. The van der Waals surface area contributed by atoms with Gasteiger partial charge in [-0.05, 0) is 20.8 Å². The third-order valence-corrected chi connectivity index (χ3v) is 5.16. The number of nitrogens with two attached hydrogens (primary N) is 1. The Morgan fingerprint density at radius 3 is 2.00 bits per heavy atom. The summed E-state index contributed by atoms with van der Waals surface area (Å²) >= 11 is 0. The van der Waals surface area contributed by atoms with Gasteiger partial charge in [-0.15, -0.1) is 0 Å².